The molecule has 12 rings (SSSR count). The van der Waals surface area contributed by atoms with Gasteiger partial charge in [0.1, 0.15) is 22.3 Å². The molecule has 12 aromatic rings. The van der Waals surface area contributed by atoms with Gasteiger partial charge < -0.3 is 8.83 Å². The number of pyridine rings is 1. The summed E-state index contributed by atoms with van der Waals surface area (Å²) in [5, 5.41) is 13.2. The summed E-state index contributed by atoms with van der Waals surface area (Å²) in [6.45, 7) is 0. The lowest BCUT2D eigenvalue weighted by Gasteiger charge is -2.11. The molecule has 54 heavy (non-hydrogen) atoms. The number of nitrogens with zero attached hydrogens (tertiary/aromatic N) is 4. The van der Waals surface area contributed by atoms with E-state index in [1.54, 1.807) is 12.4 Å². The van der Waals surface area contributed by atoms with Crippen LogP contribution in [0.1, 0.15) is 0 Å². The van der Waals surface area contributed by atoms with Crippen LogP contribution in [0.25, 0.3) is 121 Å². The Morgan fingerprint density at radius 2 is 0.815 bits per heavy atom. The average Bonchev–Trinajstić information content (AvgIpc) is 3.84. The first kappa shape index (κ1) is 29.2. The normalized spacial score (nSPS) is 12.1. The Morgan fingerprint density at radius 3 is 1.30 bits per heavy atom. The van der Waals surface area contributed by atoms with Crippen LogP contribution in [0.15, 0.2) is 167 Å². The zero-order valence-electron chi connectivity index (χ0n) is 28.6. The highest BCUT2D eigenvalue weighted by molar-refractivity contribution is 6.30. The van der Waals surface area contributed by atoms with Gasteiger partial charge in [-0.05, 0) is 79.5 Å². The summed E-state index contributed by atoms with van der Waals surface area (Å²) in [6, 6.07) is 50.3. The van der Waals surface area contributed by atoms with Gasteiger partial charge in [0.15, 0.2) is 17.5 Å². The molecule has 4 heterocycles. The van der Waals surface area contributed by atoms with Gasteiger partial charge in [0.2, 0.25) is 0 Å². The molecule has 250 valence electrons. The monoisotopic (exact) mass is 690 g/mol. The van der Waals surface area contributed by atoms with E-state index >= 15 is 0 Å². The van der Waals surface area contributed by atoms with Crippen molar-refractivity contribution >= 4 is 87.0 Å². The Bertz CT molecular complexity index is 3300. The van der Waals surface area contributed by atoms with Crippen LogP contribution in [0.5, 0.6) is 0 Å². The Hall–Kier alpha value is -7.44. The number of aromatic nitrogens is 4. The second kappa shape index (κ2) is 11.0. The summed E-state index contributed by atoms with van der Waals surface area (Å²) in [4.78, 5) is 20.1. The third-order valence-corrected chi connectivity index (χ3v) is 10.7. The van der Waals surface area contributed by atoms with Crippen LogP contribution in [0, 0.1) is 0 Å². The van der Waals surface area contributed by atoms with E-state index < -0.39 is 0 Å². The molecular weight excluding hydrogens is 665 g/mol. The van der Waals surface area contributed by atoms with Crippen molar-refractivity contribution in [1.29, 1.82) is 0 Å². The topological polar surface area (TPSA) is 77.8 Å². The van der Waals surface area contributed by atoms with Crippen LogP contribution in [0.4, 0.5) is 0 Å². The van der Waals surface area contributed by atoms with Crippen molar-refractivity contribution in [2.75, 3.05) is 0 Å². The first-order chi connectivity index (χ1) is 26.8. The molecule has 0 spiro atoms. The highest BCUT2D eigenvalue weighted by Gasteiger charge is 2.24. The van der Waals surface area contributed by atoms with Crippen LogP contribution in [-0.2, 0) is 0 Å². The highest BCUT2D eigenvalue weighted by Crippen LogP contribution is 2.45. The van der Waals surface area contributed by atoms with Crippen molar-refractivity contribution in [2.45, 2.75) is 0 Å². The van der Waals surface area contributed by atoms with Crippen LogP contribution < -0.4 is 0 Å². The smallest absolute Gasteiger partial charge is 0.167 e. The van der Waals surface area contributed by atoms with E-state index in [0.717, 1.165) is 104 Å². The molecule has 0 atom stereocenters. The molecular formula is C48H26N4O2. The molecule has 0 bridgehead atoms. The van der Waals surface area contributed by atoms with Gasteiger partial charge in [0.25, 0.3) is 0 Å². The zero-order chi connectivity index (χ0) is 35.3. The van der Waals surface area contributed by atoms with Crippen LogP contribution in [0.3, 0.4) is 0 Å². The molecule has 6 heteroatoms. The molecule has 0 aliphatic carbocycles. The van der Waals surface area contributed by atoms with E-state index in [2.05, 4.69) is 138 Å². The van der Waals surface area contributed by atoms with Crippen molar-refractivity contribution in [3.63, 3.8) is 0 Å². The summed E-state index contributed by atoms with van der Waals surface area (Å²) >= 11 is 0. The first-order valence-corrected chi connectivity index (χ1v) is 18.0. The minimum Gasteiger partial charge on any atom is -0.455 e. The predicted octanol–water partition coefficient (Wildman–Crippen LogP) is 12.7. The summed E-state index contributed by atoms with van der Waals surface area (Å²) in [7, 11) is 0. The first-order valence-electron chi connectivity index (χ1n) is 18.0. The number of furan rings is 2. The molecule has 8 aromatic carbocycles. The van der Waals surface area contributed by atoms with E-state index in [4.69, 9.17) is 23.8 Å². The predicted molar refractivity (Wildman–Crippen MR) is 219 cm³/mol. The standard InChI is InChI=1S/C48H26N4O2/c1-5-15-32-27(10-1)19-21-38-40(32)42-34-17-7-3-12-29(34)24-36(44(42)53-38)47-50-46(31-14-9-23-49-26-31)51-48(52-47)37-25-30-13-4-8-18-35(30)43-41-33-16-6-2-11-28(33)20-22-39(41)54-45(37)43/h1-26H. The fourth-order valence-corrected chi connectivity index (χ4v) is 8.35. The Kier molecular flexibility index (Phi) is 5.96. The zero-order valence-corrected chi connectivity index (χ0v) is 28.6. The lowest BCUT2D eigenvalue weighted by Crippen LogP contribution is -2.01. The van der Waals surface area contributed by atoms with E-state index in [-0.39, 0.29) is 0 Å². The van der Waals surface area contributed by atoms with Crippen molar-refractivity contribution in [3.8, 4) is 34.2 Å². The maximum Gasteiger partial charge on any atom is 0.167 e. The van der Waals surface area contributed by atoms with E-state index in [1.807, 2.05) is 12.1 Å². The molecule has 0 N–H and O–H groups in total. The largest absolute Gasteiger partial charge is 0.455 e. The molecule has 4 aromatic heterocycles. The van der Waals surface area contributed by atoms with E-state index in [0.29, 0.717) is 17.5 Å². The lowest BCUT2D eigenvalue weighted by molar-refractivity contribution is 0.670. The summed E-state index contributed by atoms with van der Waals surface area (Å²) < 4.78 is 13.6. The molecule has 0 amide bonds. The van der Waals surface area contributed by atoms with Crippen LogP contribution in [0.2, 0.25) is 0 Å². The Balaban J connectivity index is 1.22. The van der Waals surface area contributed by atoms with Crippen molar-refractivity contribution in [2.24, 2.45) is 0 Å². The molecule has 0 radical (unpaired) electrons. The van der Waals surface area contributed by atoms with Gasteiger partial charge in [0.05, 0.1) is 11.1 Å². The molecule has 0 saturated carbocycles. The maximum atomic E-state index is 6.82. The summed E-state index contributed by atoms with van der Waals surface area (Å²) in [5.74, 6) is 1.51. The maximum absolute atomic E-state index is 6.82. The molecule has 0 unspecified atom stereocenters. The van der Waals surface area contributed by atoms with Gasteiger partial charge in [0, 0.05) is 39.5 Å². The number of fused-ring (bicyclic) bond motifs is 14. The van der Waals surface area contributed by atoms with Crippen molar-refractivity contribution < 1.29 is 8.83 Å². The van der Waals surface area contributed by atoms with Crippen molar-refractivity contribution in [3.05, 3.63) is 158 Å². The fraction of sp³-hybridized carbons (Fsp3) is 0. The van der Waals surface area contributed by atoms with Crippen molar-refractivity contribution in [1.82, 2.24) is 19.9 Å². The van der Waals surface area contributed by atoms with Crippen LogP contribution >= 0.6 is 0 Å². The highest BCUT2D eigenvalue weighted by atomic mass is 16.3. The average molecular weight is 691 g/mol. The number of hydrogen-bond acceptors (Lipinski definition) is 6. The van der Waals surface area contributed by atoms with E-state index in [1.165, 1.54) is 0 Å². The molecule has 0 aliphatic heterocycles. The third kappa shape index (κ3) is 4.16. The minimum absolute atomic E-state index is 0.501. The molecule has 0 fully saturated rings. The number of benzene rings is 8. The third-order valence-electron chi connectivity index (χ3n) is 10.7. The number of rotatable bonds is 3. The Morgan fingerprint density at radius 1 is 0.370 bits per heavy atom. The van der Waals surface area contributed by atoms with Gasteiger partial charge in [-0.1, -0.05) is 109 Å². The molecule has 0 aliphatic rings. The Labute approximate surface area is 307 Å². The summed E-state index contributed by atoms with van der Waals surface area (Å²) in [5.41, 5.74) is 5.43. The second-order valence-electron chi connectivity index (χ2n) is 13.8. The SMILES string of the molecule is c1cncc(-c2nc(-c3cc4ccccc4c4c3oc3ccc5ccccc5c34)nc(-c3cc4ccccc4c4c3oc3ccc5ccccc5c34)n2)c1. The van der Waals surface area contributed by atoms with Gasteiger partial charge in [-0.3, -0.25) is 4.98 Å². The van der Waals surface area contributed by atoms with Gasteiger partial charge >= 0.3 is 0 Å². The fourth-order valence-electron chi connectivity index (χ4n) is 8.35. The minimum atomic E-state index is 0.501. The van der Waals surface area contributed by atoms with Gasteiger partial charge in [-0.15, -0.1) is 0 Å². The molecule has 6 nitrogen and oxygen atoms in total. The van der Waals surface area contributed by atoms with Gasteiger partial charge in [-0.2, -0.15) is 0 Å². The van der Waals surface area contributed by atoms with Crippen LogP contribution in [-0.4, -0.2) is 19.9 Å². The van der Waals surface area contributed by atoms with E-state index in [9.17, 15) is 0 Å². The summed E-state index contributed by atoms with van der Waals surface area (Å²) in [6.07, 6.45) is 3.54. The number of hydrogen-bond donors (Lipinski definition) is 0. The van der Waals surface area contributed by atoms with Gasteiger partial charge in [-0.25, -0.2) is 15.0 Å². The lowest BCUT2D eigenvalue weighted by atomic mass is 9.96. The molecule has 0 saturated heterocycles. The quantitative estimate of drug-likeness (QED) is 0.184. The second-order valence-corrected chi connectivity index (χ2v) is 13.8.